The number of rotatable bonds is 2. The number of aryl methyl sites for hydroxylation is 1. The Bertz CT molecular complexity index is 1040. The number of hydrogen-bond donors (Lipinski definition) is 1. The third-order valence-corrected chi connectivity index (χ3v) is 6.17. The molecule has 5 nitrogen and oxygen atoms in total. The maximum Gasteiger partial charge on any atom is 0.155 e. The van der Waals surface area contributed by atoms with Gasteiger partial charge in [0, 0.05) is 34.4 Å². The molecular weight excluding hydrogens is 354 g/mol. The van der Waals surface area contributed by atoms with Crippen LogP contribution in [-0.4, -0.2) is 32.3 Å². The molecule has 0 aromatic carbocycles. The molecular formula is C18H18ClN5S. The molecule has 0 unspecified atom stereocenters. The van der Waals surface area contributed by atoms with Gasteiger partial charge in [-0.3, -0.25) is 4.68 Å². The average molecular weight is 372 g/mol. The van der Waals surface area contributed by atoms with Gasteiger partial charge in [-0.2, -0.15) is 5.10 Å². The van der Waals surface area contributed by atoms with E-state index in [2.05, 4.69) is 33.4 Å². The smallest absolute Gasteiger partial charge is 0.155 e. The van der Waals surface area contributed by atoms with E-state index < -0.39 is 0 Å². The Kier molecular flexibility index (Phi) is 3.58. The van der Waals surface area contributed by atoms with E-state index in [-0.39, 0.29) is 0 Å². The van der Waals surface area contributed by atoms with E-state index >= 15 is 0 Å². The van der Waals surface area contributed by atoms with Crippen LogP contribution >= 0.6 is 22.9 Å². The van der Waals surface area contributed by atoms with Gasteiger partial charge in [0.25, 0.3) is 0 Å². The topological polar surface area (TPSA) is 47.1 Å². The van der Waals surface area contributed by atoms with E-state index in [0.29, 0.717) is 11.1 Å². The van der Waals surface area contributed by atoms with Gasteiger partial charge in [0.05, 0.1) is 16.8 Å². The van der Waals surface area contributed by atoms with Crippen LogP contribution in [0.3, 0.4) is 0 Å². The summed E-state index contributed by atoms with van der Waals surface area (Å²) in [7, 11) is 0. The summed E-state index contributed by atoms with van der Waals surface area (Å²) in [5, 5.41) is 10.1. The molecule has 4 aromatic heterocycles. The summed E-state index contributed by atoms with van der Waals surface area (Å²) >= 11 is 8.14. The van der Waals surface area contributed by atoms with Gasteiger partial charge in [-0.15, -0.1) is 11.3 Å². The lowest BCUT2D eigenvalue weighted by atomic mass is 10.1. The molecule has 5 heterocycles. The molecule has 1 saturated heterocycles. The van der Waals surface area contributed by atoms with Gasteiger partial charge in [-0.05, 0) is 45.0 Å². The Hall–Kier alpha value is -1.89. The van der Waals surface area contributed by atoms with Crippen molar-refractivity contribution in [1.82, 2.24) is 24.5 Å². The largest absolute Gasteiger partial charge is 0.317 e. The van der Waals surface area contributed by atoms with Crippen LogP contribution in [0.2, 0.25) is 5.02 Å². The Morgan fingerprint density at radius 1 is 1.20 bits per heavy atom. The van der Waals surface area contributed by atoms with Gasteiger partial charge >= 0.3 is 0 Å². The molecule has 7 heteroatoms. The lowest BCUT2D eigenvalue weighted by Gasteiger charge is -2.22. The maximum atomic E-state index is 6.42. The van der Waals surface area contributed by atoms with E-state index in [1.165, 1.54) is 10.3 Å². The summed E-state index contributed by atoms with van der Waals surface area (Å²) in [4.78, 5) is 6.73. The summed E-state index contributed by atoms with van der Waals surface area (Å²) < 4.78 is 4.15. The number of aromatic nitrogens is 4. The molecule has 0 atom stereocenters. The highest BCUT2D eigenvalue weighted by atomic mass is 35.5. The highest BCUT2D eigenvalue weighted by Crippen LogP contribution is 2.35. The second kappa shape index (κ2) is 5.83. The summed E-state index contributed by atoms with van der Waals surface area (Å²) in [5.41, 5.74) is 2.88. The van der Waals surface area contributed by atoms with Crippen molar-refractivity contribution in [2.24, 2.45) is 0 Å². The van der Waals surface area contributed by atoms with Crippen LogP contribution in [0.5, 0.6) is 0 Å². The van der Waals surface area contributed by atoms with Gasteiger partial charge < -0.3 is 9.72 Å². The Morgan fingerprint density at radius 3 is 2.84 bits per heavy atom. The van der Waals surface area contributed by atoms with Crippen LogP contribution < -0.4 is 5.32 Å². The van der Waals surface area contributed by atoms with E-state index in [0.717, 1.165) is 47.7 Å². The number of hydrogen-bond acceptors (Lipinski definition) is 4. The first-order valence-electron chi connectivity index (χ1n) is 8.52. The van der Waals surface area contributed by atoms with Gasteiger partial charge in [-0.25, -0.2) is 4.98 Å². The minimum Gasteiger partial charge on any atom is -0.317 e. The van der Waals surface area contributed by atoms with E-state index in [1.807, 2.05) is 23.6 Å². The van der Waals surface area contributed by atoms with Crippen LogP contribution in [0.1, 0.15) is 24.6 Å². The molecule has 0 aliphatic carbocycles. The second-order valence-electron chi connectivity index (χ2n) is 6.65. The first-order valence-corrected chi connectivity index (χ1v) is 9.71. The molecule has 0 amide bonds. The summed E-state index contributed by atoms with van der Waals surface area (Å²) in [5.74, 6) is 0. The molecule has 1 aliphatic rings. The minimum atomic E-state index is 0.518. The lowest BCUT2D eigenvalue weighted by Crippen LogP contribution is -2.29. The third kappa shape index (κ3) is 2.65. The van der Waals surface area contributed by atoms with Crippen molar-refractivity contribution in [2.45, 2.75) is 25.8 Å². The minimum absolute atomic E-state index is 0.518. The van der Waals surface area contributed by atoms with Crippen molar-refractivity contribution >= 4 is 38.8 Å². The van der Waals surface area contributed by atoms with Crippen molar-refractivity contribution in [3.8, 4) is 10.4 Å². The van der Waals surface area contributed by atoms with Crippen LogP contribution in [0.25, 0.3) is 26.3 Å². The Labute approximate surface area is 154 Å². The molecule has 0 radical (unpaired) electrons. The molecule has 25 heavy (non-hydrogen) atoms. The van der Waals surface area contributed by atoms with Gasteiger partial charge in [-0.1, -0.05) is 11.6 Å². The Morgan fingerprint density at radius 2 is 2.04 bits per heavy atom. The van der Waals surface area contributed by atoms with Crippen LogP contribution in [0, 0.1) is 6.92 Å². The number of nitrogens with zero attached hydrogens (tertiary/aromatic N) is 4. The third-order valence-electron chi connectivity index (χ3n) is 4.81. The van der Waals surface area contributed by atoms with Crippen LogP contribution in [0.4, 0.5) is 0 Å². The fraction of sp³-hybridized carbons (Fsp3) is 0.333. The summed E-state index contributed by atoms with van der Waals surface area (Å²) in [6.45, 7) is 4.13. The van der Waals surface area contributed by atoms with Crippen molar-refractivity contribution in [3.63, 3.8) is 0 Å². The monoisotopic (exact) mass is 371 g/mol. The van der Waals surface area contributed by atoms with Gasteiger partial charge in [0.2, 0.25) is 0 Å². The number of nitrogens with one attached hydrogen (secondary N) is 1. The Balaban J connectivity index is 1.53. The summed E-state index contributed by atoms with van der Waals surface area (Å²) in [6, 6.07) is 4.73. The normalized spacial score (nSPS) is 16.2. The second-order valence-corrected chi connectivity index (χ2v) is 8.09. The standard InChI is InChI=1S/C18H18ClN5S/c1-11-8-23-9-12(6-15(19)17(23)21-11)16-7-13-10-24(22-18(13)25-16)14-2-4-20-5-3-14/h6-10,14,20H,2-5H2,1H3. The van der Waals surface area contributed by atoms with Gasteiger partial charge in [0.15, 0.2) is 5.65 Å². The zero-order valence-corrected chi connectivity index (χ0v) is 15.4. The maximum absolute atomic E-state index is 6.42. The zero-order valence-electron chi connectivity index (χ0n) is 13.9. The van der Waals surface area contributed by atoms with Crippen molar-refractivity contribution in [3.05, 3.63) is 41.4 Å². The first-order chi connectivity index (χ1) is 12.2. The SMILES string of the molecule is Cc1cn2cc(-c3cc4cn(C5CCNCC5)nc4s3)cc(Cl)c2n1. The number of pyridine rings is 1. The van der Waals surface area contributed by atoms with E-state index in [4.69, 9.17) is 16.7 Å². The van der Waals surface area contributed by atoms with Gasteiger partial charge in [0.1, 0.15) is 4.83 Å². The zero-order chi connectivity index (χ0) is 17.0. The molecule has 128 valence electrons. The average Bonchev–Trinajstić information content (AvgIpc) is 3.27. The summed E-state index contributed by atoms with van der Waals surface area (Å²) in [6.07, 6.45) is 8.57. The van der Waals surface area contributed by atoms with Crippen LogP contribution in [-0.2, 0) is 0 Å². The molecule has 1 N–H and O–H groups in total. The van der Waals surface area contributed by atoms with E-state index in [9.17, 15) is 0 Å². The highest BCUT2D eigenvalue weighted by molar-refractivity contribution is 7.21. The molecule has 0 saturated carbocycles. The lowest BCUT2D eigenvalue weighted by molar-refractivity contribution is 0.345. The van der Waals surface area contributed by atoms with E-state index in [1.54, 1.807) is 11.3 Å². The highest BCUT2D eigenvalue weighted by Gasteiger charge is 2.18. The number of piperidine rings is 1. The molecule has 1 aliphatic heterocycles. The van der Waals surface area contributed by atoms with Crippen molar-refractivity contribution in [2.75, 3.05) is 13.1 Å². The van der Waals surface area contributed by atoms with Crippen LogP contribution in [0.15, 0.2) is 30.7 Å². The fourth-order valence-electron chi connectivity index (χ4n) is 3.56. The molecule has 1 fully saturated rings. The number of thiophene rings is 1. The van der Waals surface area contributed by atoms with Crippen molar-refractivity contribution < 1.29 is 0 Å². The fourth-order valence-corrected chi connectivity index (χ4v) is 4.80. The molecule has 5 rings (SSSR count). The molecule has 0 spiro atoms. The predicted octanol–water partition coefficient (Wildman–Crippen LogP) is 4.30. The number of halogens is 1. The first kappa shape index (κ1) is 15.4. The van der Waals surface area contributed by atoms with Crippen molar-refractivity contribution in [1.29, 1.82) is 0 Å². The number of imidazole rings is 1. The molecule has 4 aromatic rings. The predicted molar refractivity (Wildman–Crippen MR) is 103 cm³/mol. The quantitative estimate of drug-likeness (QED) is 0.571. The molecule has 0 bridgehead atoms. The number of fused-ring (bicyclic) bond motifs is 2.